The predicted molar refractivity (Wildman–Crippen MR) is 79.6 cm³/mol. The third kappa shape index (κ3) is 2.78. The highest BCUT2D eigenvalue weighted by Gasteiger charge is 2.19. The monoisotopic (exact) mass is 282 g/mol. The molecule has 4 nitrogen and oxygen atoms in total. The van der Waals surface area contributed by atoms with Crippen LogP contribution in [0.4, 0.5) is 0 Å². The van der Waals surface area contributed by atoms with Crippen LogP contribution in [0.25, 0.3) is 11.2 Å². The van der Waals surface area contributed by atoms with Gasteiger partial charge >= 0.3 is 0 Å². The van der Waals surface area contributed by atoms with Crippen LogP contribution in [0.2, 0.25) is 0 Å². The van der Waals surface area contributed by atoms with Crippen LogP contribution in [0.3, 0.4) is 0 Å². The summed E-state index contributed by atoms with van der Waals surface area (Å²) in [6, 6.07) is 0. The average Bonchev–Trinajstić information content (AvgIpc) is 2.83. The van der Waals surface area contributed by atoms with Gasteiger partial charge in [-0.2, -0.15) is 5.10 Å². The van der Waals surface area contributed by atoms with Gasteiger partial charge in [-0.3, -0.25) is 0 Å². The molecule has 0 aromatic carbocycles. The molecule has 5 heteroatoms. The summed E-state index contributed by atoms with van der Waals surface area (Å²) in [5.41, 5.74) is 3.38. The Morgan fingerprint density at radius 2 is 1.95 bits per heavy atom. The maximum absolute atomic E-state index is 6.05. The second-order valence-corrected chi connectivity index (χ2v) is 6.46. The third-order valence-corrected chi connectivity index (χ3v) is 3.62. The Balaban J connectivity index is 2.49. The number of rotatable bonds is 4. The molecule has 0 bridgehead atoms. The van der Waals surface area contributed by atoms with Gasteiger partial charge < -0.3 is 4.57 Å². The van der Waals surface area contributed by atoms with Gasteiger partial charge in [-0.15, -0.1) is 11.6 Å². The minimum atomic E-state index is 0.298. The number of hydrogen-bond donors (Lipinski definition) is 0. The van der Waals surface area contributed by atoms with Gasteiger partial charge in [0, 0.05) is 13.1 Å². The lowest BCUT2D eigenvalue weighted by Crippen LogP contribution is -2.14. The van der Waals surface area contributed by atoms with E-state index in [1.807, 2.05) is 11.6 Å². The second kappa shape index (κ2) is 5.16. The van der Waals surface area contributed by atoms with E-state index in [4.69, 9.17) is 11.6 Å². The maximum Gasteiger partial charge on any atom is 0.158 e. The molecule has 2 aromatic rings. The van der Waals surface area contributed by atoms with Crippen LogP contribution in [0.15, 0.2) is 0 Å². The summed E-state index contributed by atoms with van der Waals surface area (Å²) in [6.07, 6.45) is 1.09. The lowest BCUT2D eigenvalue weighted by molar-refractivity contribution is 0.349. The van der Waals surface area contributed by atoms with Crippen molar-refractivity contribution in [2.45, 2.75) is 60.0 Å². The van der Waals surface area contributed by atoms with E-state index in [1.54, 1.807) is 0 Å². The number of hydrogen-bond acceptors (Lipinski definition) is 2. The van der Waals surface area contributed by atoms with Crippen molar-refractivity contribution in [1.29, 1.82) is 0 Å². The van der Waals surface area contributed by atoms with Gasteiger partial charge in [0.25, 0.3) is 0 Å². The van der Waals surface area contributed by atoms with Gasteiger partial charge in [0.2, 0.25) is 0 Å². The molecule has 0 aliphatic rings. The summed E-state index contributed by atoms with van der Waals surface area (Å²) >= 11 is 6.05. The Bertz CT molecular complexity index is 574. The first-order chi connectivity index (χ1) is 8.87. The molecule has 19 heavy (non-hydrogen) atoms. The fourth-order valence-electron chi connectivity index (χ4n) is 2.27. The summed E-state index contributed by atoms with van der Waals surface area (Å²) < 4.78 is 4.26. The number of alkyl halides is 1. The van der Waals surface area contributed by atoms with Crippen LogP contribution in [0.5, 0.6) is 0 Å². The molecule has 2 rings (SSSR count). The van der Waals surface area contributed by atoms with Gasteiger partial charge in [0.15, 0.2) is 5.65 Å². The van der Waals surface area contributed by atoms with Crippen LogP contribution in [-0.2, 0) is 19.0 Å². The van der Waals surface area contributed by atoms with Crippen LogP contribution in [-0.4, -0.2) is 19.3 Å². The topological polar surface area (TPSA) is 35.6 Å². The number of aromatic nitrogens is 4. The van der Waals surface area contributed by atoms with Crippen molar-refractivity contribution in [1.82, 2.24) is 19.3 Å². The summed E-state index contributed by atoms with van der Waals surface area (Å²) in [4.78, 5) is 4.65. The fourth-order valence-corrected chi connectivity index (χ4v) is 2.48. The van der Waals surface area contributed by atoms with E-state index in [0.29, 0.717) is 11.3 Å². The Labute approximate surface area is 119 Å². The van der Waals surface area contributed by atoms with Crippen LogP contribution >= 0.6 is 11.6 Å². The standard InChI is InChI=1S/C14H23ClN4/c1-6-19-13-12(10(2)17-19)16-11(9-15)18(13)8-7-14(3,4)5/h6-9H2,1-5H3. The van der Waals surface area contributed by atoms with Crippen LogP contribution < -0.4 is 0 Å². The number of nitrogens with zero attached hydrogens (tertiary/aromatic N) is 4. The Kier molecular flexibility index (Phi) is 3.90. The molecule has 0 spiro atoms. The number of halogens is 1. The number of imidazole rings is 1. The summed E-state index contributed by atoms with van der Waals surface area (Å²) in [6.45, 7) is 12.7. The zero-order chi connectivity index (χ0) is 14.2. The maximum atomic E-state index is 6.05. The lowest BCUT2D eigenvalue weighted by Gasteiger charge is -2.19. The minimum absolute atomic E-state index is 0.298. The molecule has 0 atom stereocenters. The minimum Gasteiger partial charge on any atom is -0.312 e. The van der Waals surface area contributed by atoms with Crippen LogP contribution in [0, 0.1) is 12.3 Å². The molecule has 0 saturated heterocycles. The molecule has 0 fully saturated rings. The highest BCUT2D eigenvalue weighted by molar-refractivity contribution is 6.16. The predicted octanol–water partition coefficient (Wildman–Crippen LogP) is 3.74. The van der Waals surface area contributed by atoms with E-state index in [-0.39, 0.29) is 0 Å². The van der Waals surface area contributed by atoms with Crippen molar-refractivity contribution < 1.29 is 0 Å². The largest absolute Gasteiger partial charge is 0.312 e. The normalized spacial score (nSPS) is 12.5. The number of aryl methyl sites for hydroxylation is 3. The highest BCUT2D eigenvalue weighted by atomic mass is 35.5. The van der Waals surface area contributed by atoms with E-state index < -0.39 is 0 Å². The molecule has 0 aliphatic heterocycles. The van der Waals surface area contributed by atoms with Gasteiger partial charge in [-0.1, -0.05) is 20.8 Å². The summed E-state index contributed by atoms with van der Waals surface area (Å²) in [5.74, 6) is 1.39. The second-order valence-electron chi connectivity index (χ2n) is 6.20. The van der Waals surface area contributed by atoms with Gasteiger partial charge in [-0.05, 0) is 25.7 Å². The first-order valence-corrected chi connectivity index (χ1v) is 7.39. The molecule has 0 unspecified atom stereocenters. The average molecular weight is 283 g/mol. The zero-order valence-electron chi connectivity index (χ0n) is 12.5. The molecular weight excluding hydrogens is 260 g/mol. The summed E-state index contributed by atoms with van der Waals surface area (Å²) in [5, 5.41) is 4.54. The molecule has 0 radical (unpaired) electrons. The quantitative estimate of drug-likeness (QED) is 0.801. The molecule has 0 amide bonds. The van der Waals surface area contributed by atoms with E-state index in [2.05, 4.69) is 42.3 Å². The molecular formula is C14H23ClN4. The van der Waals surface area contributed by atoms with E-state index in [9.17, 15) is 0 Å². The first kappa shape index (κ1) is 14.4. The highest BCUT2D eigenvalue weighted by Crippen LogP contribution is 2.25. The zero-order valence-corrected chi connectivity index (χ0v) is 13.3. The molecule has 0 aliphatic carbocycles. The Morgan fingerprint density at radius 3 is 2.47 bits per heavy atom. The van der Waals surface area contributed by atoms with Crippen molar-refractivity contribution in [3.63, 3.8) is 0 Å². The molecule has 0 saturated carbocycles. The smallest absolute Gasteiger partial charge is 0.158 e. The summed E-state index contributed by atoms with van der Waals surface area (Å²) in [7, 11) is 0. The van der Waals surface area contributed by atoms with Crippen molar-refractivity contribution in [2.24, 2.45) is 5.41 Å². The Hall–Kier alpha value is -1.03. The third-order valence-electron chi connectivity index (χ3n) is 3.38. The van der Waals surface area contributed by atoms with Gasteiger partial charge in [0.1, 0.15) is 11.3 Å². The SMILES string of the molecule is CCn1nc(C)c2nc(CCl)n(CCC(C)(C)C)c21. The van der Waals surface area contributed by atoms with Gasteiger partial charge in [-0.25, -0.2) is 9.67 Å². The Morgan fingerprint density at radius 1 is 1.26 bits per heavy atom. The van der Waals surface area contributed by atoms with E-state index >= 15 is 0 Å². The molecule has 0 N–H and O–H groups in total. The molecule has 106 valence electrons. The lowest BCUT2D eigenvalue weighted by atomic mass is 9.92. The molecule has 2 aromatic heterocycles. The van der Waals surface area contributed by atoms with Crippen LogP contribution in [0.1, 0.15) is 45.6 Å². The van der Waals surface area contributed by atoms with Crippen molar-refractivity contribution in [3.05, 3.63) is 11.5 Å². The van der Waals surface area contributed by atoms with Crippen molar-refractivity contribution >= 4 is 22.8 Å². The fraction of sp³-hybridized carbons (Fsp3) is 0.714. The van der Waals surface area contributed by atoms with E-state index in [0.717, 1.165) is 42.2 Å². The first-order valence-electron chi connectivity index (χ1n) is 6.86. The van der Waals surface area contributed by atoms with E-state index in [1.165, 1.54) is 0 Å². The van der Waals surface area contributed by atoms with Crippen molar-refractivity contribution in [3.8, 4) is 0 Å². The van der Waals surface area contributed by atoms with Gasteiger partial charge in [0.05, 0.1) is 11.6 Å². The number of fused-ring (bicyclic) bond motifs is 1. The van der Waals surface area contributed by atoms with Crippen molar-refractivity contribution in [2.75, 3.05) is 0 Å². The molecule has 2 heterocycles.